The summed E-state index contributed by atoms with van der Waals surface area (Å²) in [6.45, 7) is 0. The Hall–Kier alpha value is -2.80. The zero-order chi connectivity index (χ0) is 16.9. The molecule has 6 nitrogen and oxygen atoms in total. The minimum Gasteiger partial charge on any atom is -0.366 e. The van der Waals surface area contributed by atoms with Gasteiger partial charge in [0.2, 0.25) is 11.9 Å². The third-order valence-corrected chi connectivity index (χ3v) is 3.71. The number of hydrogen-bond acceptors (Lipinski definition) is 5. The average Bonchev–Trinajstić information content (AvgIpc) is 2.54. The lowest BCUT2D eigenvalue weighted by Crippen LogP contribution is -2.05. The van der Waals surface area contributed by atoms with Crippen molar-refractivity contribution < 1.29 is 4.79 Å². The minimum absolute atomic E-state index is 0.470. The van der Waals surface area contributed by atoms with Crippen molar-refractivity contribution in [3.05, 3.63) is 65.0 Å². The molecule has 3 N–H and O–H groups in total. The van der Waals surface area contributed by atoms with Crippen LogP contribution in [0, 0.1) is 0 Å². The van der Waals surface area contributed by atoms with Crippen LogP contribution in [0.4, 0.5) is 11.6 Å². The van der Waals surface area contributed by atoms with Gasteiger partial charge in [0.15, 0.2) is 0 Å². The van der Waals surface area contributed by atoms with Crippen LogP contribution in [0.15, 0.2) is 59.4 Å². The molecule has 0 saturated heterocycles. The number of rotatable bonds is 5. The van der Waals surface area contributed by atoms with Gasteiger partial charge in [-0.25, -0.2) is 9.97 Å². The molecule has 0 radical (unpaired) electrons. The highest BCUT2D eigenvalue weighted by atomic mass is 79.9. The molecule has 1 amide bonds. The van der Waals surface area contributed by atoms with Crippen molar-refractivity contribution in [2.45, 2.75) is 6.42 Å². The third-order valence-electron chi connectivity index (χ3n) is 3.21. The first-order chi connectivity index (χ1) is 11.6. The van der Waals surface area contributed by atoms with E-state index in [4.69, 9.17) is 5.73 Å². The van der Waals surface area contributed by atoms with Gasteiger partial charge in [-0.2, -0.15) is 0 Å². The van der Waals surface area contributed by atoms with Gasteiger partial charge >= 0.3 is 0 Å². The molecular formula is C17H14BrN5O. The van der Waals surface area contributed by atoms with Crippen molar-refractivity contribution in [2.24, 2.45) is 5.73 Å². The van der Waals surface area contributed by atoms with E-state index in [0.717, 1.165) is 26.8 Å². The molecule has 0 aliphatic rings. The number of aromatic nitrogens is 3. The molecule has 3 rings (SSSR count). The molecule has 120 valence electrons. The molecule has 0 unspecified atom stereocenters. The summed E-state index contributed by atoms with van der Waals surface area (Å²) >= 11 is 3.43. The van der Waals surface area contributed by atoms with E-state index in [1.165, 1.54) is 6.08 Å². The predicted octanol–water partition coefficient (Wildman–Crippen LogP) is 3.11. The highest BCUT2D eigenvalue weighted by Crippen LogP contribution is 2.20. The van der Waals surface area contributed by atoms with Crippen LogP contribution >= 0.6 is 15.9 Å². The summed E-state index contributed by atoms with van der Waals surface area (Å²) in [5.41, 5.74) is 7.51. The molecule has 3 aromatic rings. The summed E-state index contributed by atoms with van der Waals surface area (Å²) in [6, 6.07) is 9.65. The van der Waals surface area contributed by atoms with Crippen molar-refractivity contribution in [3.8, 4) is 0 Å². The fourth-order valence-corrected chi connectivity index (χ4v) is 2.54. The number of carbonyl (C=O) groups excluding carboxylic acids is 1. The number of nitrogens with zero attached hydrogens (tertiary/aromatic N) is 3. The summed E-state index contributed by atoms with van der Waals surface area (Å²) in [7, 11) is 0. The van der Waals surface area contributed by atoms with E-state index in [1.807, 2.05) is 30.3 Å². The van der Waals surface area contributed by atoms with Crippen LogP contribution in [0.1, 0.15) is 5.69 Å². The van der Waals surface area contributed by atoms with Gasteiger partial charge in [-0.15, -0.1) is 0 Å². The molecule has 0 bridgehead atoms. The summed E-state index contributed by atoms with van der Waals surface area (Å²) < 4.78 is 0.976. The van der Waals surface area contributed by atoms with Crippen LogP contribution in [0.5, 0.6) is 0 Å². The van der Waals surface area contributed by atoms with Gasteiger partial charge in [0.05, 0.1) is 11.7 Å². The van der Waals surface area contributed by atoms with E-state index >= 15 is 0 Å². The standard InChI is InChI=1S/C17H14BrN5O/c18-12-3-1-5-14(8-12)22-17-21-9-11-7-13(4-2-6-16(19)24)20-10-15(11)23-17/h1-3,5-10H,4H2,(H2,19,24)(H,21,22,23)/b6-2+. The Morgan fingerprint density at radius 2 is 2.12 bits per heavy atom. The topological polar surface area (TPSA) is 93.8 Å². The SMILES string of the molecule is NC(=O)/C=C/Cc1cc2cnc(Nc3cccc(Br)c3)nc2cn1. The Kier molecular flexibility index (Phi) is 4.81. The number of fused-ring (bicyclic) bond motifs is 1. The second-order valence-corrected chi connectivity index (χ2v) is 5.99. The van der Waals surface area contributed by atoms with E-state index in [1.54, 1.807) is 18.5 Å². The van der Waals surface area contributed by atoms with Gasteiger partial charge in [0.1, 0.15) is 0 Å². The number of amides is 1. The normalized spacial score (nSPS) is 11.0. The number of nitrogens with two attached hydrogens (primary N) is 1. The quantitative estimate of drug-likeness (QED) is 0.660. The number of halogens is 1. The molecule has 0 aliphatic heterocycles. The van der Waals surface area contributed by atoms with Gasteiger partial charge in [-0.1, -0.05) is 28.1 Å². The Bertz CT molecular complexity index is 926. The number of primary amides is 1. The Morgan fingerprint density at radius 3 is 2.92 bits per heavy atom. The van der Waals surface area contributed by atoms with Gasteiger partial charge in [-0.05, 0) is 30.3 Å². The van der Waals surface area contributed by atoms with E-state index < -0.39 is 5.91 Å². The average molecular weight is 384 g/mol. The maximum absolute atomic E-state index is 10.7. The molecule has 0 saturated carbocycles. The monoisotopic (exact) mass is 383 g/mol. The lowest BCUT2D eigenvalue weighted by Gasteiger charge is -2.06. The smallest absolute Gasteiger partial charge is 0.241 e. The van der Waals surface area contributed by atoms with Gasteiger partial charge in [0.25, 0.3) is 0 Å². The van der Waals surface area contributed by atoms with Crippen molar-refractivity contribution in [1.29, 1.82) is 0 Å². The van der Waals surface area contributed by atoms with E-state index in [0.29, 0.717) is 12.4 Å². The zero-order valence-electron chi connectivity index (χ0n) is 12.6. The number of allylic oxidation sites excluding steroid dienone is 1. The van der Waals surface area contributed by atoms with Gasteiger partial charge < -0.3 is 11.1 Å². The molecule has 1 aromatic carbocycles. The van der Waals surface area contributed by atoms with Gasteiger partial charge in [-0.3, -0.25) is 9.78 Å². The second kappa shape index (κ2) is 7.18. The van der Waals surface area contributed by atoms with Crippen LogP contribution in [0.2, 0.25) is 0 Å². The summed E-state index contributed by atoms with van der Waals surface area (Å²) in [5.74, 6) is 0.0335. The van der Waals surface area contributed by atoms with Crippen LogP contribution in [0.25, 0.3) is 10.9 Å². The molecule has 0 atom stereocenters. The number of carbonyl (C=O) groups is 1. The molecule has 2 aromatic heterocycles. The number of benzene rings is 1. The molecule has 0 spiro atoms. The maximum Gasteiger partial charge on any atom is 0.241 e. The highest BCUT2D eigenvalue weighted by Gasteiger charge is 2.03. The lowest BCUT2D eigenvalue weighted by atomic mass is 10.2. The lowest BCUT2D eigenvalue weighted by molar-refractivity contribution is -0.113. The van der Waals surface area contributed by atoms with Crippen molar-refractivity contribution in [2.75, 3.05) is 5.32 Å². The van der Waals surface area contributed by atoms with Crippen LogP contribution in [0.3, 0.4) is 0 Å². The van der Waals surface area contributed by atoms with Crippen LogP contribution in [-0.2, 0) is 11.2 Å². The molecule has 7 heteroatoms. The van der Waals surface area contributed by atoms with Crippen molar-refractivity contribution in [3.63, 3.8) is 0 Å². The predicted molar refractivity (Wildman–Crippen MR) is 96.8 cm³/mol. The molecule has 0 aliphatic carbocycles. The van der Waals surface area contributed by atoms with Crippen LogP contribution < -0.4 is 11.1 Å². The van der Waals surface area contributed by atoms with E-state index in [-0.39, 0.29) is 0 Å². The number of anilines is 2. The molecule has 2 heterocycles. The Balaban J connectivity index is 1.80. The van der Waals surface area contributed by atoms with E-state index in [9.17, 15) is 4.79 Å². The Labute approximate surface area is 147 Å². The van der Waals surface area contributed by atoms with Crippen LogP contribution in [-0.4, -0.2) is 20.9 Å². The molecular weight excluding hydrogens is 370 g/mol. The number of nitrogens with one attached hydrogen (secondary N) is 1. The first-order valence-corrected chi connectivity index (χ1v) is 8.00. The fraction of sp³-hybridized carbons (Fsp3) is 0.0588. The summed E-state index contributed by atoms with van der Waals surface area (Å²) in [5, 5.41) is 4.04. The maximum atomic E-state index is 10.7. The minimum atomic E-state index is -0.470. The highest BCUT2D eigenvalue weighted by molar-refractivity contribution is 9.10. The molecule has 0 fully saturated rings. The first-order valence-electron chi connectivity index (χ1n) is 7.20. The van der Waals surface area contributed by atoms with Crippen molar-refractivity contribution >= 4 is 44.4 Å². The fourth-order valence-electron chi connectivity index (χ4n) is 2.14. The third kappa shape index (κ3) is 4.14. The van der Waals surface area contributed by atoms with Crippen molar-refractivity contribution in [1.82, 2.24) is 15.0 Å². The molecule has 24 heavy (non-hydrogen) atoms. The first kappa shape index (κ1) is 16.1. The largest absolute Gasteiger partial charge is 0.366 e. The summed E-state index contributed by atoms with van der Waals surface area (Å²) in [6.07, 6.45) is 6.97. The number of hydrogen-bond donors (Lipinski definition) is 2. The summed E-state index contributed by atoms with van der Waals surface area (Å²) in [4.78, 5) is 23.8. The second-order valence-electron chi connectivity index (χ2n) is 5.07. The number of pyridine rings is 1. The Morgan fingerprint density at radius 1 is 1.25 bits per heavy atom. The zero-order valence-corrected chi connectivity index (χ0v) is 14.2. The van der Waals surface area contributed by atoms with E-state index in [2.05, 4.69) is 36.2 Å². The van der Waals surface area contributed by atoms with Gasteiger partial charge in [0, 0.05) is 33.9 Å².